The van der Waals surface area contributed by atoms with E-state index in [4.69, 9.17) is 9.47 Å². The Morgan fingerprint density at radius 1 is 1.26 bits per heavy atom. The fourth-order valence-electron chi connectivity index (χ4n) is 2.25. The third kappa shape index (κ3) is 5.49. The molecule has 0 aromatic carbocycles. The van der Waals surface area contributed by atoms with E-state index < -0.39 is 5.60 Å². The van der Waals surface area contributed by atoms with Gasteiger partial charge in [-0.1, -0.05) is 0 Å². The smallest absolute Gasteiger partial charge is 0.323 e. The molecule has 1 aliphatic rings. The summed E-state index contributed by atoms with van der Waals surface area (Å²) in [6.45, 7) is 11.8. The first-order valence-corrected chi connectivity index (χ1v) is 7.17. The highest BCUT2D eigenvalue weighted by Crippen LogP contribution is 2.23. The summed E-state index contributed by atoms with van der Waals surface area (Å²) >= 11 is 0. The van der Waals surface area contributed by atoms with Crippen molar-refractivity contribution < 1.29 is 14.3 Å². The number of carbonyl (C=O) groups excluding carboxylic acids is 1. The molecule has 1 heterocycles. The molecular formula is C15H29NO3. The first kappa shape index (κ1) is 16.4. The molecule has 0 bridgehead atoms. The Labute approximate surface area is 117 Å². The SMILES string of the molecule is COC(C)(C)CCN1CCC[C@H]1C(=O)OC(C)(C)C. The molecule has 1 atom stereocenters. The summed E-state index contributed by atoms with van der Waals surface area (Å²) in [4.78, 5) is 14.4. The van der Waals surface area contributed by atoms with Gasteiger partial charge in [0.05, 0.1) is 5.60 Å². The van der Waals surface area contributed by atoms with E-state index >= 15 is 0 Å². The number of rotatable bonds is 5. The molecule has 0 aliphatic carbocycles. The molecule has 0 aromatic rings. The maximum Gasteiger partial charge on any atom is 0.323 e. The van der Waals surface area contributed by atoms with Gasteiger partial charge in [-0.3, -0.25) is 9.69 Å². The standard InChI is InChI=1S/C15H29NO3/c1-14(2,3)19-13(17)12-8-7-10-16(12)11-9-15(4,5)18-6/h12H,7-11H2,1-6H3/t12-/m0/s1. The number of ether oxygens (including phenoxy) is 2. The fourth-order valence-corrected chi connectivity index (χ4v) is 2.25. The first-order valence-electron chi connectivity index (χ1n) is 7.17. The van der Waals surface area contributed by atoms with Crippen molar-refractivity contribution in [1.82, 2.24) is 4.90 Å². The lowest BCUT2D eigenvalue weighted by molar-refractivity contribution is -0.160. The molecule has 0 saturated carbocycles. The average Bonchev–Trinajstić information content (AvgIpc) is 2.72. The normalized spacial score (nSPS) is 21.7. The van der Waals surface area contributed by atoms with Crippen LogP contribution in [0.1, 0.15) is 53.9 Å². The van der Waals surface area contributed by atoms with Crippen LogP contribution in [0.2, 0.25) is 0 Å². The quantitative estimate of drug-likeness (QED) is 0.721. The van der Waals surface area contributed by atoms with Gasteiger partial charge in [0.25, 0.3) is 0 Å². The molecule has 0 N–H and O–H groups in total. The number of esters is 1. The van der Waals surface area contributed by atoms with Crippen molar-refractivity contribution >= 4 is 5.97 Å². The molecule has 4 heteroatoms. The Morgan fingerprint density at radius 2 is 1.89 bits per heavy atom. The highest BCUT2D eigenvalue weighted by Gasteiger charge is 2.34. The third-order valence-electron chi connectivity index (χ3n) is 3.60. The second-order valence-corrected chi connectivity index (χ2v) is 6.94. The number of methoxy groups -OCH3 is 1. The minimum atomic E-state index is -0.406. The van der Waals surface area contributed by atoms with Crippen molar-refractivity contribution in [1.29, 1.82) is 0 Å². The second kappa shape index (κ2) is 6.23. The van der Waals surface area contributed by atoms with Gasteiger partial charge >= 0.3 is 5.97 Å². The van der Waals surface area contributed by atoms with Gasteiger partial charge in [-0.15, -0.1) is 0 Å². The Kier molecular flexibility index (Phi) is 5.39. The number of nitrogens with zero attached hydrogens (tertiary/aromatic N) is 1. The lowest BCUT2D eigenvalue weighted by atomic mass is 10.0. The Hall–Kier alpha value is -0.610. The Balaban J connectivity index is 2.52. The van der Waals surface area contributed by atoms with Crippen molar-refractivity contribution in [2.45, 2.75) is 71.1 Å². The molecule has 0 amide bonds. The summed E-state index contributed by atoms with van der Waals surface area (Å²) in [6, 6.07) is -0.0770. The van der Waals surface area contributed by atoms with Crippen LogP contribution in [0, 0.1) is 0 Å². The Bertz CT molecular complexity index is 307. The van der Waals surface area contributed by atoms with Crippen LogP contribution in [-0.4, -0.2) is 48.3 Å². The summed E-state index contributed by atoms with van der Waals surface area (Å²) in [5.74, 6) is -0.0831. The van der Waals surface area contributed by atoms with E-state index in [-0.39, 0.29) is 17.6 Å². The van der Waals surface area contributed by atoms with Crippen LogP contribution in [0.5, 0.6) is 0 Å². The zero-order chi connectivity index (χ0) is 14.7. The molecule has 0 radical (unpaired) electrons. The summed E-state index contributed by atoms with van der Waals surface area (Å²) in [5, 5.41) is 0. The van der Waals surface area contributed by atoms with E-state index in [9.17, 15) is 4.79 Å². The van der Waals surface area contributed by atoms with Crippen LogP contribution in [-0.2, 0) is 14.3 Å². The minimum Gasteiger partial charge on any atom is -0.459 e. The molecule has 1 rings (SSSR count). The summed E-state index contributed by atoms with van der Waals surface area (Å²) in [7, 11) is 1.73. The van der Waals surface area contributed by atoms with Crippen molar-refractivity contribution in [2.75, 3.05) is 20.2 Å². The van der Waals surface area contributed by atoms with Gasteiger partial charge < -0.3 is 9.47 Å². The van der Waals surface area contributed by atoms with Gasteiger partial charge in [0.1, 0.15) is 11.6 Å². The van der Waals surface area contributed by atoms with Crippen LogP contribution >= 0.6 is 0 Å². The van der Waals surface area contributed by atoms with Crippen molar-refractivity contribution in [3.8, 4) is 0 Å². The number of carbonyl (C=O) groups is 1. The summed E-state index contributed by atoms with van der Waals surface area (Å²) < 4.78 is 10.9. The van der Waals surface area contributed by atoms with Gasteiger partial charge in [0, 0.05) is 13.7 Å². The monoisotopic (exact) mass is 271 g/mol. The predicted octanol–water partition coefficient (Wildman–Crippen LogP) is 2.61. The zero-order valence-electron chi connectivity index (χ0n) is 13.3. The lowest BCUT2D eigenvalue weighted by Crippen LogP contribution is -2.42. The molecule has 0 spiro atoms. The van der Waals surface area contributed by atoms with E-state index in [0.717, 1.165) is 32.4 Å². The van der Waals surface area contributed by atoms with Crippen molar-refractivity contribution in [3.05, 3.63) is 0 Å². The van der Waals surface area contributed by atoms with E-state index in [1.54, 1.807) is 7.11 Å². The van der Waals surface area contributed by atoms with Crippen LogP contribution in [0.15, 0.2) is 0 Å². The van der Waals surface area contributed by atoms with E-state index in [2.05, 4.69) is 18.7 Å². The molecule has 0 aromatic heterocycles. The number of hydrogen-bond donors (Lipinski definition) is 0. The molecule has 4 nitrogen and oxygen atoms in total. The van der Waals surface area contributed by atoms with Gasteiger partial charge in [0.15, 0.2) is 0 Å². The molecular weight excluding hydrogens is 242 g/mol. The summed E-state index contributed by atoms with van der Waals surface area (Å²) in [5.41, 5.74) is -0.543. The fraction of sp³-hybridized carbons (Fsp3) is 0.933. The molecule has 19 heavy (non-hydrogen) atoms. The highest BCUT2D eigenvalue weighted by atomic mass is 16.6. The van der Waals surface area contributed by atoms with Crippen LogP contribution in [0.3, 0.4) is 0 Å². The van der Waals surface area contributed by atoms with Crippen LogP contribution < -0.4 is 0 Å². The topological polar surface area (TPSA) is 38.8 Å². The number of hydrogen-bond acceptors (Lipinski definition) is 4. The zero-order valence-corrected chi connectivity index (χ0v) is 13.3. The van der Waals surface area contributed by atoms with Gasteiger partial charge in [-0.25, -0.2) is 0 Å². The number of likely N-dealkylation sites (tertiary alicyclic amines) is 1. The van der Waals surface area contributed by atoms with Crippen LogP contribution in [0.4, 0.5) is 0 Å². The van der Waals surface area contributed by atoms with Crippen molar-refractivity contribution in [2.24, 2.45) is 0 Å². The molecule has 1 fully saturated rings. The van der Waals surface area contributed by atoms with Gasteiger partial charge in [-0.2, -0.15) is 0 Å². The molecule has 112 valence electrons. The highest BCUT2D eigenvalue weighted by molar-refractivity contribution is 5.76. The largest absolute Gasteiger partial charge is 0.459 e. The van der Waals surface area contributed by atoms with Gasteiger partial charge in [0.2, 0.25) is 0 Å². The first-order chi connectivity index (χ1) is 8.64. The predicted molar refractivity (Wildman–Crippen MR) is 76.1 cm³/mol. The van der Waals surface area contributed by atoms with Crippen LogP contribution in [0.25, 0.3) is 0 Å². The van der Waals surface area contributed by atoms with E-state index in [1.807, 2.05) is 20.8 Å². The van der Waals surface area contributed by atoms with E-state index in [0.29, 0.717) is 0 Å². The van der Waals surface area contributed by atoms with Crippen molar-refractivity contribution in [3.63, 3.8) is 0 Å². The Morgan fingerprint density at radius 3 is 2.42 bits per heavy atom. The summed E-state index contributed by atoms with van der Waals surface area (Å²) in [6.07, 6.45) is 2.89. The second-order valence-electron chi connectivity index (χ2n) is 6.94. The molecule has 1 saturated heterocycles. The minimum absolute atomic E-state index is 0.0770. The maximum absolute atomic E-state index is 12.2. The van der Waals surface area contributed by atoms with E-state index in [1.165, 1.54) is 0 Å². The third-order valence-corrected chi connectivity index (χ3v) is 3.60. The van der Waals surface area contributed by atoms with Gasteiger partial charge in [-0.05, 0) is 60.4 Å². The average molecular weight is 271 g/mol. The molecule has 0 unspecified atom stereocenters. The molecule has 1 aliphatic heterocycles. The lowest BCUT2D eigenvalue weighted by Gasteiger charge is -2.30. The maximum atomic E-state index is 12.2.